The summed E-state index contributed by atoms with van der Waals surface area (Å²) >= 11 is 5.81. The fourth-order valence-corrected chi connectivity index (χ4v) is 4.61. The zero-order valence-electron chi connectivity index (χ0n) is 15.9. The van der Waals surface area contributed by atoms with Gasteiger partial charge in [-0.15, -0.1) is 0 Å². The largest absolute Gasteiger partial charge is 0.354 e. The fourth-order valence-electron chi connectivity index (χ4n) is 3.22. The number of aromatic nitrogens is 2. The number of nitrogens with zero attached hydrogens (tertiary/aromatic N) is 4. The van der Waals surface area contributed by atoms with Crippen LogP contribution in [0.2, 0.25) is 5.02 Å². The number of azide groups is 1. The Labute approximate surface area is 175 Å². The van der Waals surface area contributed by atoms with Crippen molar-refractivity contribution < 1.29 is 14.2 Å². The molecule has 0 amide bonds. The molecule has 4 atom stereocenters. The molecule has 1 unspecified atom stereocenters. The van der Waals surface area contributed by atoms with Crippen molar-refractivity contribution in [3.63, 3.8) is 0 Å². The molecule has 0 bridgehead atoms. The number of nitrogens with one attached hydrogen (secondary N) is 2. The summed E-state index contributed by atoms with van der Waals surface area (Å²) in [6.45, 7) is 1.55. The normalized spacial score (nSPS) is 22.8. The monoisotopic (exact) mass is 454 g/mol. The average molecular weight is 455 g/mol. The van der Waals surface area contributed by atoms with Crippen LogP contribution in [0.5, 0.6) is 0 Å². The molecule has 1 saturated heterocycles. The molecule has 1 fully saturated rings. The minimum absolute atomic E-state index is 0.117. The average Bonchev–Trinajstić information content (AvgIpc) is 3.08. The molecule has 30 heavy (non-hydrogen) atoms. The molecule has 160 valence electrons. The van der Waals surface area contributed by atoms with Crippen molar-refractivity contribution >= 4 is 24.8 Å². The zero-order valence-corrected chi connectivity index (χ0v) is 17.6. The first-order valence-electron chi connectivity index (χ1n) is 9.06. The van der Waals surface area contributed by atoms with Gasteiger partial charge in [0.1, 0.15) is 6.23 Å². The summed E-state index contributed by atoms with van der Waals surface area (Å²) in [6, 6.07) is 5.73. The lowest BCUT2D eigenvalue weighted by molar-refractivity contribution is -0.00402. The number of benzene rings is 1. The highest BCUT2D eigenvalue weighted by Gasteiger charge is 2.37. The summed E-state index contributed by atoms with van der Waals surface area (Å²) in [4.78, 5) is 39.0. The number of hydrogen-bond acceptors (Lipinski definition) is 5. The first kappa shape index (κ1) is 22.1. The molecule has 11 nitrogen and oxygen atoms in total. The predicted octanol–water partition coefficient (Wildman–Crippen LogP) is 3.15. The molecule has 1 aliphatic rings. The van der Waals surface area contributed by atoms with Crippen LogP contribution in [0, 0.1) is 6.92 Å². The first-order chi connectivity index (χ1) is 14.2. The Morgan fingerprint density at radius 3 is 2.80 bits per heavy atom. The van der Waals surface area contributed by atoms with Crippen LogP contribution in [0.25, 0.3) is 10.4 Å². The fraction of sp³-hybridized carbons (Fsp3) is 0.412. The van der Waals surface area contributed by atoms with Gasteiger partial charge in [0.15, 0.2) is 0 Å². The number of anilines is 1. The molecule has 0 aliphatic carbocycles. The minimum Gasteiger partial charge on any atom is -0.354 e. The maximum atomic E-state index is 12.5. The van der Waals surface area contributed by atoms with Gasteiger partial charge in [-0.05, 0) is 43.1 Å². The van der Waals surface area contributed by atoms with Gasteiger partial charge in [0.2, 0.25) is 0 Å². The Morgan fingerprint density at radius 2 is 2.13 bits per heavy atom. The molecular weight excluding hydrogens is 435 g/mol. The van der Waals surface area contributed by atoms with Crippen LogP contribution in [0.15, 0.2) is 45.2 Å². The van der Waals surface area contributed by atoms with Gasteiger partial charge >= 0.3 is 5.69 Å². The number of halogens is 1. The highest BCUT2D eigenvalue weighted by Crippen LogP contribution is 2.43. The standard InChI is InChI=1S/C17H20ClN6O5P/c1-10-9-24(17(26)20-16(10)25)15-8-13(21-23-19)14(29-15)6-7-30(27,28)22-12-4-2-11(18)3-5-12/h2-5,9,13-15H,6-8H2,1H3,(H,20,25,26)(H2,22,27,28)/t13-,14+,15+/m0/s1. The molecule has 1 aromatic carbocycles. The molecule has 1 aliphatic heterocycles. The van der Waals surface area contributed by atoms with E-state index in [1.165, 1.54) is 10.8 Å². The van der Waals surface area contributed by atoms with Crippen LogP contribution in [0.3, 0.4) is 0 Å². The van der Waals surface area contributed by atoms with E-state index in [-0.39, 0.29) is 19.0 Å². The van der Waals surface area contributed by atoms with Crippen LogP contribution >= 0.6 is 19.1 Å². The lowest BCUT2D eigenvalue weighted by Crippen LogP contribution is -2.33. The van der Waals surface area contributed by atoms with E-state index in [1.807, 2.05) is 0 Å². The molecule has 2 aromatic rings. The van der Waals surface area contributed by atoms with Crippen LogP contribution in [0.1, 0.15) is 24.6 Å². The quantitative estimate of drug-likeness (QED) is 0.252. The van der Waals surface area contributed by atoms with Gasteiger partial charge in [-0.2, -0.15) is 0 Å². The number of hydrogen-bond donors (Lipinski definition) is 3. The summed E-state index contributed by atoms with van der Waals surface area (Å²) in [7, 11) is -3.77. The summed E-state index contributed by atoms with van der Waals surface area (Å²) in [5, 5.41) is 6.79. The van der Waals surface area contributed by atoms with Gasteiger partial charge in [0.25, 0.3) is 13.1 Å². The Balaban J connectivity index is 1.71. The van der Waals surface area contributed by atoms with Crippen molar-refractivity contribution in [2.45, 2.75) is 38.1 Å². The third kappa shape index (κ3) is 5.33. The summed E-state index contributed by atoms with van der Waals surface area (Å²) in [5.74, 6) is 0. The lowest BCUT2D eigenvalue weighted by Gasteiger charge is -2.19. The van der Waals surface area contributed by atoms with E-state index in [1.54, 1.807) is 31.2 Å². The molecule has 3 N–H and O–H groups in total. The molecule has 0 saturated carbocycles. The van der Waals surface area contributed by atoms with E-state index in [0.29, 0.717) is 16.3 Å². The lowest BCUT2D eigenvalue weighted by atomic mass is 10.1. The minimum atomic E-state index is -3.77. The maximum absolute atomic E-state index is 12.5. The predicted molar refractivity (Wildman–Crippen MR) is 112 cm³/mol. The maximum Gasteiger partial charge on any atom is 0.330 e. The number of aromatic amines is 1. The van der Waals surface area contributed by atoms with Gasteiger partial charge in [-0.1, -0.05) is 16.7 Å². The van der Waals surface area contributed by atoms with E-state index in [2.05, 4.69) is 20.1 Å². The van der Waals surface area contributed by atoms with Crippen molar-refractivity contribution in [3.05, 3.63) is 72.3 Å². The molecule has 2 heterocycles. The zero-order chi connectivity index (χ0) is 21.9. The van der Waals surface area contributed by atoms with Gasteiger partial charge in [0.05, 0.1) is 12.1 Å². The van der Waals surface area contributed by atoms with Crippen molar-refractivity contribution in [3.8, 4) is 0 Å². The van der Waals surface area contributed by atoms with E-state index < -0.39 is 37.1 Å². The second-order valence-electron chi connectivity index (χ2n) is 6.95. The van der Waals surface area contributed by atoms with E-state index in [0.717, 1.165) is 0 Å². The second-order valence-corrected chi connectivity index (χ2v) is 9.46. The number of H-pyrrole nitrogens is 1. The van der Waals surface area contributed by atoms with Gasteiger partial charge in [-0.25, -0.2) is 4.79 Å². The van der Waals surface area contributed by atoms with Crippen LogP contribution in [-0.4, -0.2) is 32.8 Å². The van der Waals surface area contributed by atoms with Crippen molar-refractivity contribution in [2.24, 2.45) is 5.11 Å². The Morgan fingerprint density at radius 1 is 1.43 bits per heavy atom. The summed E-state index contributed by atoms with van der Waals surface area (Å²) < 4.78 is 19.6. The van der Waals surface area contributed by atoms with Crippen molar-refractivity contribution in [2.75, 3.05) is 11.2 Å². The molecule has 1 aromatic heterocycles. The van der Waals surface area contributed by atoms with Crippen molar-refractivity contribution in [1.29, 1.82) is 0 Å². The molecule has 0 spiro atoms. The van der Waals surface area contributed by atoms with Crippen LogP contribution in [0.4, 0.5) is 5.69 Å². The van der Waals surface area contributed by atoms with E-state index in [4.69, 9.17) is 21.9 Å². The van der Waals surface area contributed by atoms with Crippen LogP contribution < -0.4 is 16.3 Å². The Bertz CT molecular complexity index is 1130. The first-order valence-corrected chi connectivity index (χ1v) is 11.3. The number of ether oxygens (including phenoxy) is 1. The highest BCUT2D eigenvalue weighted by molar-refractivity contribution is 7.59. The smallest absolute Gasteiger partial charge is 0.330 e. The second kappa shape index (κ2) is 9.07. The Hall–Kier alpha value is -2.55. The molecule has 13 heteroatoms. The van der Waals surface area contributed by atoms with Gasteiger partial charge < -0.3 is 14.7 Å². The number of rotatable bonds is 7. The topological polar surface area (TPSA) is 162 Å². The highest BCUT2D eigenvalue weighted by atomic mass is 35.5. The number of aryl methyl sites for hydroxylation is 1. The molecular formula is C17H20ClN6O5P. The van der Waals surface area contributed by atoms with Gasteiger partial charge in [0, 0.05) is 40.0 Å². The Kier molecular flexibility index (Phi) is 6.70. The van der Waals surface area contributed by atoms with Gasteiger partial charge in [-0.3, -0.25) is 18.9 Å². The van der Waals surface area contributed by atoms with E-state index in [9.17, 15) is 19.0 Å². The third-order valence-electron chi connectivity index (χ3n) is 4.72. The SMILES string of the molecule is Cc1cn([C@H]2C[C@H](N=[N+]=[N-])[C@@H](CCP(=O)(O)Nc3ccc(Cl)cc3)O2)c(=O)[nH]c1=O. The van der Waals surface area contributed by atoms with Crippen LogP contribution in [-0.2, 0) is 9.30 Å². The molecule has 3 rings (SSSR count). The third-order valence-corrected chi connectivity index (χ3v) is 6.45. The summed E-state index contributed by atoms with van der Waals surface area (Å²) in [5.41, 5.74) is 8.47. The van der Waals surface area contributed by atoms with Crippen molar-refractivity contribution in [1.82, 2.24) is 9.55 Å². The summed E-state index contributed by atoms with van der Waals surface area (Å²) in [6.07, 6.45) is 0.102. The molecule has 0 radical (unpaired) electrons. The van der Waals surface area contributed by atoms with E-state index >= 15 is 0 Å².